The standard InChI is InChI=1S/C35H36Cl2N6O5/c1-4-46-32-19-29-27(18-30(32)42-33(44)14-11-24(36)9-8-16-43(3)35(45)47-5-2)34(23(20-38)21-40-29)41-25-12-13-31(28(37)17-25)48-22-26-10-6-7-15-39-26/h6-7,10-15,17-19,21,24H,4-5,8-9,16,22H2,1-3H3,(H,40,41)(H,42,44)/b14-11+. The summed E-state index contributed by atoms with van der Waals surface area (Å²) >= 11 is 13.0. The molecule has 11 nitrogen and oxygen atoms in total. The molecule has 13 heteroatoms. The molecule has 0 radical (unpaired) electrons. The Morgan fingerprint density at radius 3 is 2.62 bits per heavy atom. The van der Waals surface area contributed by atoms with E-state index in [1.807, 2.05) is 25.1 Å². The second-order valence-electron chi connectivity index (χ2n) is 10.5. The molecular formula is C35H36Cl2N6O5. The van der Waals surface area contributed by atoms with Crippen molar-refractivity contribution in [3.05, 3.63) is 89.4 Å². The third kappa shape index (κ3) is 9.97. The maximum Gasteiger partial charge on any atom is 0.409 e. The molecule has 1 atom stereocenters. The number of alkyl halides is 1. The minimum atomic E-state index is -0.425. The molecule has 250 valence electrons. The summed E-state index contributed by atoms with van der Waals surface area (Å²) < 4.78 is 16.6. The van der Waals surface area contributed by atoms with Crippen molar-refractivity contribution in [2.24, 2.45) is 0 Å². The predicted octanol–water partition coefficient (Wildman–Crippen LogP) is 7.85. The van der Waals surface area contributed by atoms with Crippen molar-refractivity contribution in [3.8, 4) is 17.6 Å². The molecule has 4 rings (SSSR count). The molecule has 0 saturated heterocycles. The van der Waals surface area contributed by atoms with Gasteiger partial charge in [0.1, 0.15) is 24.2 Å². The van der Waals surface area contributed by atoms with Crippen LogP contribution < -0.4 is 20.1 Å². The van der Waals surface area contributed by atoms with Gasteiger partial charge in [-0.25, -0.2) is 4.79 Å². The number of anilines is 3. The highest BCUT2D eigenvalue weighted by Gasteiger charge is 2.16. The lowest BCUT2D eigenvalue weighted by Gasteiger charge is -2.17. The van der Waals surface area contributed by atoms with Crippen LogP contribution in [0.3, 0.4) is 0 Å². The van der Waals surface area contributed by atoms with Gasteiger partial charge in [0, 0.05) is 49.2 Å². The highest BCUT2D eigenvalue weighted by atomic mass is 35.5. The largest absolute Gasteiger partial charge is 0.492 e. The van der Waals surface area contributed by atoms with Gasteiger partial charge in [0.05, 0.1) is 51.8 Å². The number of allylic oxidation sites excluding steroid dienone is 1. The molecule has 2 heterocycles. The van der Waals surface area contributed by atoms with Crippen LogP contribution in [0.4, 0.5) is 21.9 Å². The van der Waals surface area contributed by atoms with E-state index >= 15 is 0 Å². The maximum atomic E-state index is 13.0. The minimum absolute atomic E-state index is 0.257. The summed E-state index contributed by atoms with van der Waals surface area (Å²) in [5.41, 5.74) is 3.07. The number of aromatic nitrogens is 2. The van der Waals surface area contributed by atoms with Gasteiger partial charge < -0.3 is 29.7 Å². The summed E-state index contributed by atoms with van der Waals surface area (Å²) in [4.78, 5) is 34.9. The van der Waals surface area contributed by atoms with Crippen molar-refractivity contribution < 1.29 is 23.8 Å². The number of hydrogen-bond donors (Lipinski definition) is 2. The molecule has 0 saturated carbocycles. The molecule has 0 aliphatic heterocycles. The first kappa shape index (κ1) is 35.8. The zero-order valence-corrected chi connectivity index (χ0v) is 28.3. The molecule has 0 aliphatic carbocycles. The Morgan fingerprint density at radius 2 is 1.92 bits per heavy atom. The fraction of sp³-hybridized carbons (Fsp3) is 0.286. The van der Waals surface area contributed by atoms with E-state index in [-0.39, 0.29) is 12.2 Å². The van der Waals surface area contributed by atoms with Crippen LogP contribution in [0, 0.1) is 11.3 Å². The number of fused-ring (bicyclic) bond motifs is 1. The highest BCUT2D eigenvalue weighted by Crippen LogP contribution is 2.37. The van der Waals surface area contributed by atoms with Crippen LogP contribution in [0.15, 0.2) is 73.1 Å². The summed E-state index contributed by atoms with van der Waals surface area (Å²) in [5.74, 6) is 0.476. The molecule has 0 fully saturated rings. The second kappa shape index (κ2) is 17.8. The van der Waals surface area contributed by atoms with Gasteiger partial charge in [-0.1, -0.05) is 23.7 Å². The number of amides is 2. The molecule has 1 unspecified atom stereocenters. The zero-order chi connectivity index (χ0) is 34.5. The molecule has 2 aromatic heterocycles. The van der Waals surface area contributed by atoms with E-state index in [9.17, 15) is 14.9 Å². The predicted molar refractivity (Wildman–Crippen MR) is 187 cm³/mol. The van der Waals surface area contributed by atoms with Gasteiger partial charge in [-0.3, -0.25) is 14.8 Å². The van der Waals surface area contributed by atoms with Gasteiger partial charge in [-0.05, 0) is 63.1 Å². The Balaban J connectivity index is 1.51. The van der Waals surface area contributed by atoms with Crippen LogP contribution in [0.25, 0.3) is 10.9 Å². The monoisotopic (exact) mass is 690 g/mol. The topological polar surface area (TPSA) is 139 Å². The van der Waals surface area contributed by atoms with E-state index in [0.717, 1.165) is 5.69 Å². The number of hydrogen-bond acceptors (Lipinski definition) is 9. The molecule has 2 amide bonds. The van der Waals surface area contributed by atoms with Crippen molar-refractivity contribution >= 4 is 63.2 Å². The van der Waals surface area contributed by atoms with Gasteiger partial charge in [0.15, 0.2) is 0 Å². The third-order valence-electron chi connectivity index (χ3n) is 6.96. The Morgan fingerprint density at radius 1 is 1.08 bits per heavy atom. The summed E-state index contributed by atoms with van der Waals surface area (Å²) in [6.45, 7) is 4.97. The smallest absolute Gasteiger partial charge is 0.409 e. The van der Waals surface area contributed by atoms with Crippen LogP contribution in [-0.2, 0) is 16.1 Å². The van der Waals surface area contributed by atoms with Crippen molar-refractivity contribution in [3.63, 3.8) is 0 Å². The number of benzene rings is 2. The molecule has 2 N–H and O–H groups in total. The lowest BCUT2D eigenvalue weighted by Crippen LogP contribution is -2.28. The first-order valence-corrected chi connectivity index (χ1v) is 16.1. The van der Waals surface area contributed by atoms with Crippen LogP contribution >= 0.6 is 23.2 Å². The molecular weight excluding hydrogens is 655 g/mol. The van der Waals surface area contributed by atoms with Crippen molar-refractivity contribution in [1.29, 1.82) is 5.26 Å². The fourth-order valence-electron chi connectivity index (χ4n) is 4.60. The van der Waals surface area contributed by atoms with E-state index in [2.05, 4.69) is 26.7 Å². The van der Waals surface area contributed by atoms with Crippen LogP contribution in [0.1, 0.15) is 37.9 Å². The lowest BCUT2D eigenvalue weighted by molar-refractivity contribution is -0.111. The van der Waals surface area contributed by atoms with E-state index in [1.165, 1.54) is 17.2 Å². The van der Waals surface area contributed by atoms with E-state index < -0.39 is 17.4 Å². The molecule has 0 aliphatic rings. The van der Waals surface area contributed by atoms with Crippen LogP contribution in [0.5, 0.6) is 11.5 Å². The Bertz CT molecular complexity index is 1800. The summed E-state index contributed by atoms with van der Waals surface area (Å²) in [6.07, 6.45) is 6.90. The molecule has 2 aromatic carbocycles. The average Bonchev–Trinajstić information content (AvgIpc) is 3.08. The number of rotatable bonds is 15. The van der Waals surface area contributed by atoms with Crippen molar-refractivity contribution in [2.75, 3.05) is 37.4 Å². The van der Waals surface area contributed by atoms with Crippen LogP contribution in [-0.4, -0.2) is 59.1 Å². The van der Waals surface area contributed by atoms with E-state index in [1.54, 1.807) is 56.6 Å². The fourth-order valence-corrected chi connectivity index (χ4v) is 5.06. The quantitative estimate of drug-likeness (QED) is 0.0943. The first-order valence-electron chi connectivity index (χ1n) is 15.3. The van der Waals surface area contributed by atoms with Gasteiger partial charge in [0.2, 0.25) is 5.91 Å². The Kier molecular flexibility index (Phi) is 13.2. The zero-order valence-electron chi connectivity index (χ0n) is 26.8. The normalized spacial score (nSPS) is 11.5. The lowest BCUT2D eigenvalue weighted by atomic mass is 10.1. The number of halogens is 2. The van der Waals surface area contributed by atoms with Crippen molar-refractivity contribution in [2.45, 2.75) is 38.7 Å². The van der Waals surface area contributed by atoms with Gasteiger partial charge in [0.25, 0.3) is 0 Å². The number of nitriles is 1. The Hall–Kier alpha value is -5.05. The highest BCUT2D eigenvalue weighted by molar-refractivity contribution is 6.32. The summed E-state index contributed by atoms with van der Waals surface area (Å²) in [6, 6.07) is 16.4. The molecule has 48 heavy (non-hydrogen) atoms. The second-order valence-corrected chi connectivity index (χ2v) is 11.4. The minimum Gasteiger partial charge on any atom is -0.492 e. The number of carbonyl (C=O) groups is 2. The van der Waals surface area contributed by atoms with E-state index in [0.29, 0.717) is 77.1 Å². The van der Waals surface area contributed by atoms with Gasteiger partial charge >= 0.3 is 6.09 Å². The first-order chi connectivity index (χ1) is 23.2. The number of carbonyl (C=O) groups excluding carboxylic acids is 2. The average molecular weight is 692 g/mol. The number of nitrogens with one attached hydrogen (secondary N) is 2. The molecule has 4 aromatic rings. The Labute approximate surface area is 289 Å². The van der Waals surface area contributed by atoms with Gasteiger partial charge in [-0.2, -0.15) is 5.26 Å². The third-order valence-corrected chi connectivity index (χ3v) is 7.62. The van der Waals surface area contributed by atoms with Crippen LogP contribution in [0.2, 0.25) is 5.02 Å². The molecule has 0 bridgehead atoms. The van der Waals surface area contributed by atoms with E-state index in [4.69, 9.17) is 37.4 Å². The number of nitrogens with zero attached hydrogens (tertiary/aromatic N) is 4. The summed E-state index contributed by atoms with van der Waals surface area (Å²) in [5, 5.41) is 16.6. The SMILES string of the molecule is CCOC(=O)N(C)CCCC(Cl)/C=C/C(=O)Nc1cc2c(Nc3ccc(OCc4ccccn4)c(Cl)c3)c(C#N)cnc2cc1OCC. The number of ether oxygens (including phenoxy) is 3. The summed E-state index contributed by atoms with van der Waals surface area (Å²) in [7, 11) is 1.66. The van der Waals surface area contributed by atoms with Gasteiger partial charge in [-0.15, -0.1) is 11.6 Å². The van der Waals surface area contributed by atoms with Crippen molar-refractivity contribution in [1.82, 2.24) is 14.9 Å². The number of pyridine rings is 2. The molecule has 0 spiro atoms. The maximum absolute atomic E-state index is 13.0.